The van der Waals surface area contributed by atoms with Crippen LogP contribution in [0.4, 0.5) is 0 Å². The van der Waals surface area contributed by atoms with Crippen LogP contribution in [0.3, 0.4) is 0 Å². The lowest BCUT2D eigenvalue weighted by Gasteiger charge is -2.58. The summed E-state index contributed by atoms with van der Waals surface area (Å²) in [5, 5.41) is 0. The third kappa shape index (κ3) is 1.94. The fraction of sp³-hybridized carbons (Fsp3) is 1.00. The van der Waals surface area contributed by atoms with E-state index in [2.05, 4.69) is 25.7 Å². The molecule has 2 aliphatic rings. The van der Waals surface area contributed by atoms with E-state index in [0.717, 1.165) is 12.5 Å². The second kappa shape index (κ2) is 4.42. The molecule has 2 aliphatic heterocycles. The quantitative estimate of drug-likeness (QED) is 0.711. The maximum atomic E-state index is 5.83. The van der Waals surface area contributed by atoms with Gasteiger partial charge in [0.15, 0.2) is 0 Å². The van der Waals surface area contributed by atoms with Gasteiger partial charge < -0.3 is 4.74 Å². The van der Waals surface area contributed by atoms with E-state index in [4.69, 9.17) is 4.74 Å². The van der Waals surface area contributed by atoms with E-state index in [1.165, 1.54) is 38.8 Å². The average molecular weight is 211 g/mol. The van der Waals surface area contributed by atoms with Crippen LogP contribution in [-0.2, 0) is 4.74 Å². The van der Waals surface area contributed by atoms with E-state index in [1.54, 1.807) is 0 Å². The Morgan fingerprint density at radius 2 is 2.20 bits per heavy atom. The summed E-state index contributed by atoms with van der Waals surface area (Å²) in [6.07, 6.45) is 5.88. The minimum atomic E-state index is 0.428. The smallest absolute Gasteiger partial charge is 0.0784 e. The lowest BCUT2D eigenvalue weighted by atomic mass is 9.75. The zero-order valence-electron chi connectivity index (χ0n) is 10.5. The topological polar surface area (TPSA) is 12.5 Å². The normalized spacial score (nSPS) is 37.2. The maximum Gasteiger partial charge on any atom is 0.0784 e. The van der Waals surface area contributed by atoms with Gasteiger partial charge >= 0.3 is 0 Å². The predicted molar refractivity (Wildman–Crippen MR) is 63.0 cm³/mol. The summed E-state index contributed by atoms with van der Waals surface area (Å²) in [6, 6.07) is 0. The van der Waals surface area contributed by atoms with Crippen molar-refractivity contribution in [3.63, 3.8) is 0 Å². The van der Waals surface area contributed by atoms with Gasteiger partial charge in [0.05, 0.1) is 18.2 Å². The van der Waals surface area contributed by atoms with E-state index in [9.17, 15) is 0 Å². The molecule has 0 radical (unpaired) electrons. The van der Waals surface area contributed by atoms with Crippen LogP contribution < -0.4 is 0 Å². The van der Waals surface area contributed by atoms with Crippen LogP contribution in [-0.4, -0.2) is 36.2 Å². The molecule has 0 aromatic rings. The Balaban J connectivity index is 2.03. The number of rotatable bonds is 3. The lowest BCUT2D eigenvalue weighted by molar-refractivity contribution is -0.219. The molecule has 2 fully saturated rings. The van der Waals surface area contributed by atoms with Crippen molar-refractivity contribution in [1.29, 1.82) is 0 Å². The van der Waals surface area contributed by atoms with E-state index >= 15 is 0 Å². The summed E-state index contributed by atoms with van der Waals surface area (Å²) in [7, 11) is 0. The Labute approximate surface area is 94.0 Å². The van der Waals surface area contributed by atoms with E-state index in [1.807, 2.05) is 0 Å². The molecule has 2 atom stereocenters. The summed E-state index contributed by atoms with van der Waals surface area (Å²) >= 11 is 0. The molecule has 2 saturated heterocycles. The van der Waals surface area contributed by atoms with Gasteiger partial charge in [-0.05, 0) is 38.3 Å². The standard InChI is InChI=1S/C13H25NO/c1-4-14-8-6-5-7-13(14)10-15-12(13)9-11(2)3/h11-12H,4-10H2,1-3H3. The molecule has 2 unspecified atom stereocenters. The number of likely N-dealkylation sites (N-methyl/N-ethyl adjacent to an activating group) is 1. The summed E-state index contributed by atoms with van der Waals surface area (Å²) in [5.41, 5.74) is 0.428. The molecule has 88 valence electrons. The summed E-state index contributed by atoms with van der Waals surface area (Å²) in [6.45, 7) is 10.4. The van der Waals surface area contributed by atoms with Crippen molar-refractivity contribution < 1.29 is 4.74 Å². The number of hydrogen-bond acceptors (Lipinski definition) is 2. The highest BCUT2D eigenvalue weighted by Gasteiger charge is 2.52. The molecule has 0 aromatic carbocycles. The second-order valence-corrected chi connectivity index (χ2v) is 5.57. The molecule has 1 spiro atoms. The predicted octanol–water partition coefficient (Wildman–Crippen LogP) is 2.68. The molecule has 2 nitrogen and oxygen atoms in total. The number of piperidine rings is 1. The summed E-state index contributed by atoms with van der Waals surface area (Å²) in [5.74, 6) is 0.757. The van der Waals surface area contributed by atoms with E-state index in [-0.39, 0.29) is 0 Å². The van der Waals surface area contributed by atoms with Crippen LogP contribution in [0.15, 0.2) is 0 Å². The average Bonchev–Trinajstić information content (AvgIpc) is 2.24. The zero-order chi connectivity index (χ0) is 10.9. The Morgan fingerprint density at radius 1 is 1.40 bits per heavy atom. The van der Waals surface area contributed by atoms with Crippen molar-refractivity contribution in [2.45, 2.75) is 58.1 Å². The fourth-order valence-electron chi connectivity index (χ4n) is 3.22. The van der Waals surface area contributed by atoms with Crippen molar-refractivity contribution in [3.8, 4) is 0 Å². The molecule has 0 saturated carbocycles. The van der Waals surface area contributed by atoms with Gasteiger partial charge in [0, 0.05) is 0 Å². The first kappa shape index (κ1) is 11.4. The van der Waals surface area contributed by atoms with Gasteiger partial charge in [-0.25, -0.2) is 0 Å². The van der Waals surface area contributed by atoms with Crippen molar-refractivity contribution in [2.75, 3.05) is 19.7 Å². The first-order valence-corrected chi connectivity index (χ1v) is 6.55. The molecule has 15 heavy (non-hydrogen) atoms. The van der Waals surface area contributed by atoms with Crippen LogP contribution in [0.1, 0.15) is 46.5 Å². The largest absolute Gasteiger partial charge is 0.374 e. The molecule has 2 heteroatoms. The van der Waals surface area contributed by atoms with Gasteiger partial charge in [0.1, 0.15) is 0 Å². The first-order chi connectivity index (χ1) is 7.19. The van der Waals surface area contributed by atoms with Gasteiger partial charge in [0.2, 0.25) is 0 Å². The minimum Gasteiger partial charge on any atom is -0.374 e. The molecule has 0 bridgehead atoms. The van der Waals surface area contributed by atoms with E-state index in [0.29, 0.717) is 11.6 Å². The van der Waals surface area contributed by atoms with Crippen LogP contribution in [0.2, 0.25) is 0 Å². The molecule has 0 amide bonds. The highest BCUT2D eigenvalue weighted by atomic mass is 16.5. The van der Waals surface area contributed by atoms with Crippen molar-refractivity contribution in [1.82, 2.24) is 4.90 Å². The minimum absolute atomic E-state index is 0.428. The molecule has 2 heterocycles. The van der Waals surface area contributed by atoms with Crippen LogP contribution >= 0.6 is 0 Å². The molecule has 0 aromatic heterocycles. The molecule has 2 rings (SSSR count). The van der Waals surface area contributed by atoms with Gasteiger partial charge in [0.25, 0.3) is 0 Å². The molecular formula is C13H25NO. The van der Waals surface area contributed by atoms with Gasteiger partial charge in [-0.15, -0.1) is 0 Å². The maximum absolute atomic E-state index is 5.83. The molecule has 0 N–H and O–H groups in total. The third-order valence-electron chi connectivity index (χ3n) is 4.12. The Bertz CT molecular complexity index is 217. The number of nitrogens with zero attached hydrogens (tertiary/aromatic N) is 1. The Kier molecular flexibility index (Phi) is 3.36. The number of ether oxygens (including phenoxy) is 1. The monoisotopic (exact) mass is 211 g/mol. The third-order valence-corrected chi connectivity index (χ3v) is 4.12. The van der Waals surface area contributed by atoms with Gasteiger partial charge in [-0.2, -0.15) is 0 Å². The van der Waals surface area contributed by atoms with Crippen LogP contribution in [0, 0.1) is 5.92 Å². The molecular weight excluding hydrogens is 186 g/mol. The highest BCUT2D eigenvalue weighted by molar-refractivity contribution is 5.05. The van der Waals surface area contributed by atoms with Gasteiger partial charge in [-0.3, -0.25) is 4.90 Å². The number of hydrogen-bond donors (Lipinski definition) is 0. The summed E-state index contributed by atoms with van der Waals surface area (Å²) < 4.78 is 5.83. The second-order valence-electron chi connectivity index (χ2n) is 5.57. The Morgan fingerprint density at radius 3 is 2.73 bits per heavy atom. The van der Waals surface area contributed by atoms with Crippen molar-refractivity contribution in [3.05, 3.63) is 0 Å². The van der Waals surface area contributed by atoms with Crippen molar-refractivity contribution in [2.24, 2.45) is 5.92 Å². The van der Waals surface area contributed by atoms with Crippen molar-refractivity contribution >= 4 is 0 Å². The fourth-order valence-corrected chi connectivity index (χ4v) is 3.22. The van der Waals surface area contributed by atoms with E-state index < -0.39 is 0 Å². The highest BCUT2D eigenvalue weighted by Crippen LogP contribution is 2.42. The SMILES string of the molecule is CCN1CCCCC12COC2CC(C)C. The number of likely N-dealkylation sites (tertiary alicyclic amines) is 1. The van der Waals surface area contributed by atoms with Crippen LogP contribution in [0.5, 0.6) is 0 Å². The zero-order valence-corrected chi connectivity index (χ0v) is 10.5. The molecule has 0 aliphatic carbocycles. The van der Waals surface area contributed by atoms with Crippen LogP contribution in [0.25, 0.3) is 0 Å². The summed E-state index contributed by atoms with van der Waals surface area (Å²) in [4.78, 5) is 2.67. The first-order valence-electron chi connectivity index (χ1n) is 6.55. The van der Waals surface area contributed by atoms with Gasteiger partial charge in [-0.1, -0.05) is 27.2 Å². The lowest BCUT2D eigenvalue weighted by Crippen LogP contribution is -2.69. The Hall–Kier alpha value is -0.0800.